The number of aromatic nitrogens is 1. The molecule has 0 unspecified atom stereocenters. The molecule has 20 heavy (non-hydrogen) atoms. The van der Waals surface area contributed by atoms with E-state index in [1.807, 2.05) is 6.92 Å². The minimum absolute atomic E-state index is 0.198. The molecule has 1 aliphatic carbocycles. The van der Waals surface area contributed by atoms with E-state index in [0.717, 1.165) is 0 Å². The van der Waals surface area contributed by atoms with Crippen LogP contribution in [0.15, 0.2) is 23.2 Å². The summed E-state index contributed by atoms with van der Waals surface area (Å²) in [6.07, 6.45) is 2.64. The van der Waals surface area contributed by atoms with Crippen molar-refractivity contribution in [2.75, 3.05) is 25.5 Å². The number of nitrogens with zero attached hydrogens (tertiary/aromatic N) is 2. The lowest BCUT2D eigenvalue weighted by Gasteiger charge is -2.34. The third-order valence-electron chi connectivity index (χ3n) is 3.53. The van der Waals surface area contributed by atoms with Crippen LogP contribution in [0.3, 0.4) is 0 Å². The maximum Gasteiger partial charge on any atom is 0.246 e. The van der Waals surface area contributed by atoms with E-state index in [1.165, 1.54) is 4.31 Å². The molecule has 1 aromatic rings. The third kappa shape index (κ3) is 3.11. The summed E-state index contributed by atoms with van der Waals surface area (Å²) in [4.78, 5) is 4.28. The highest BCUT2D eigenvalue weighted by atomic mass is 32.2. The summed E-state index contributed by atoms with van der Waals surface area (Å²) >= 11 is 0. The van der Waals surface area contributed by atoms with Gasteiger partial charge in [-0.2, -0.15) is 0 Å². The maximum absolute atomic E-state index is 12.6. The minimum Gasteiger partial charge on any atom is -0.393 e. The van der Waals surface area contributed by atoms with Crippen molar-refractivity contribution in [3.8, 4) is 0 Å². The van der Waals surface area contributed by atoms with Crippen molar-refractivity contribution in [1.82, 2.24) is 9.29 Å². The zero-order valence-corrected chi connectivity index (χ0v) is 12.6. The van der Waals surface area contributed by atoms with E-state index >= 15 is 0 Å². The summed E-state index contributed by atoms with van der Waals surface area (Å²) < 4.78 is 26.5. The number of rotatable bonds is 6. The van der Waals surface area contributed by atoms with Crippen molar-refractivity contribution in [3.63, 3.8) is 0 Å². The van der Waals surface area contributed by atoms with Crippen LogP contribution in [-0.2, 0) is 10.0 Å². The van der Waals surface area contributed by atoms with E-state index in [-0.39, 0.29) is 16.9 Å². The molecule has 0 bridgehead atoms. The molecule has 1 aliphatic rings. The van der Waals surface area contributed by atoms with Gasteiger partial charge in [0.15, 0.2) is 0 Å². The van der Waals surface area contributed by atoms with Gasteiger partial charge in [-0.15, -0.1) is 0 Å². The van der Waals surface area contributed by atoms with Crippen LogP contribution in [0.5, 0.6) is 0 Å². The van der Waals surface area contributed by atoms with Gasteiger partial charge in [0, 0.05) is 26.3 Å². The molecule has 6 nitrogen and oxygen atoms in total. The number of hydrogen-bond donors (Lipinski definition) is 2. The molecule has 1 heterocycles. The smallest absolute Gasteiger partial charge is 0.246 e. The van der Waals surface area contributed by atoms with Crippen molar-refractivity contribution in [2.45, 2.75) is 30.8 Å². The second-order valence-electron chi connectivity index (χ2n) is 5.16. The van der Waals surface area contributed by atoms with E-state index in [0.29, 0.717) is 31.7 Å². The van der Waals surface area contributed by atoms with Crippen molar-refractivity contribution in [1.29, 1.82) is 0 Å². The Morgan fingerprint density at radius 1 is 1.50 bits per heavy atom. The zero-order valence-electron chi connectivity index (χ0n) is 11.8. The Kier molecular flexibility index (Phi) is 4.62. The maximum atomic E-state index is 12.6. The van der Waals surface area contributed by atoms with Crippen LogP contribution in [0.1, 0.15) is 19.8 Å². The van der Waals surface area contributed by atoms with E-state index < -0.39 is 10.0 Å². The SMILES string of the molecule is CCNc1ncccc1S(=O)(=O)N(C)CC1CC(O)C1. The van der Waals surface area contributed by atoms with Gasteiger partial charge in [-0.25, -0.2) is 17.7 Å². The third-order valence-corrected chi connectivity index (χ3v) is 5.38. The molecule has 0 saturated heterocycles. The van der Waals surface area contributed by atoms with Gasteiger partial charge in [-0.3, -0.25) is 0 Å². The Bertz CT molecular complexity index is 556. The van der Waals surface area contributed by atoms with Crippen molar-refractivity contribution < 1.29 is 13.5 Å². The quantitative estimate of drug-likeness (QED) is 0.815. The monoisotopic (exact) mass is 299 g/mol. The number of anilines is 1. The molecule has 2 N–H and O–H groups in total. The van der Waals surface area contributed by atoms with Gasteiger partial charge < -0.3 is 10.4 Å². The summed E-state index contributed by atoms with van der Waals surface area (Å²) in [6, 6.07) is 3.18. The zero-order chi connectivity index (χ0) is 14.8. The van der Waals surface area contributed by atoms with Gasteiger partial charge >= 0.3 is 0 Å². The predicted molar refractivity (Wildman–Crippen MR) is 76.9 cm³/mol. The first-order valence-corrected chi connectivity index (χ1v) is 8.22. The summed E-state index contributed by atoms with van der Waals surface area (Å²) in [5, 5.41) is 12.2. The topological polar surface area (TPSA) is 82.5 Å². The van der Waals surface area contributed by atoms with Gasteiger partial charge in [-0.1, -0.05) is 0 Å². The Hall–Kier alpha value is -1.18. The Morgan fingerprint density at radius 3 is 2.80 bits per heavy atom. The van der Waals surface area contributed by atoms with Gasteiger partial charge in [-0.05, 0) is 37.8 Å². The number of aliphatic hydroxyl groups excluding tert-OH is 1. The van der Waals surface area contributed by atoms with Crippen molar-refractivity contribution in [2.24, 2.45) is 5.92 Å². The fraction of sp³-hybridized carbons (Fsp3) is 0.615. The van der Waals surface area contributed by atoms with Crippen LogP contribution in [0.4, 0.5) is 5.82 Å². The number of nitrogens with one attached hydrogen (secondary N) is 1. The molecule has 7 heteroatoms. The summed E-state index contributed by atoms with van der Waals surface area (Å²) in [5.41, 5.74) is 0. The molecule has 112 valence electrons. The second-order valence-corrected chi connectivity index (χ2v) is 7.17. The first kappa shape index (κ1) is 15.2. The molecular weight excluding hydrogens is 278 g/mol. The highest BCUT2D eigenvalue weighted by Gasteiger charge is 2.32. The lowest BCUT2D eigenvalue weighted by molar-refractivity contribution is 0.0367. The van der Waals surface area contributed by atoms with Crippen LogP contribution in [0, 0.1) is 5.92 Å². The van der Waals surface area contributed by atoms with Crippen LogP contribution in [0.2, 0.25) is 0 Å². The standard InChI is InChI=1S/C13H21N3O3S/c1-3-14-13-12(5-4-6-15-13)20(18,19)16(2)9-10-7-11(17)8-10/h4-6,10-11,17H,3,7-9H2,1-2H3,(H,14,15). The fourth-order valence-corrected chi connectivity index (χ4v) is 3.74. The average molecular weight is 299 g/mol. The van der Waals surface area contributed by atoms with Gasteiger partial charge in [0.05, 0.1) is 6.10 Å². The first-order valence-electron chi connectivity index (χ1n) is 6.78. The second kappa shape index (κ2) is 6.07. The molecular formula is C13H21N3O3S. The number of aliphatic hydroxyl groups is 1. The number of sulfonamides is 1. The van der Waals surface area contributed by atoms with E-state index in [1.54, 1.807) is 25.4 Å². The van der Waals surface area contributed by atoms with Gasteiger partial charge in [0.1, 0.15) is 10.7 Å². The minimum atomic E-state index is -3.55. The normalized spacial score (nSPS) is 22.6. The van der Waals surface area contributed by atoms with Crippen LogP contribution in [0.25, 0.3) is 0 Å². The Morgan fingerprint density at radius 2 is 2.20 bits per heavy atom. The number of hydrogen-bond acceptors (Lipinski definition) is 5. The Balaban J connectivity index is 2.16. The lowest BCUT2D eigenvalue weighted by Crippen LogP contribution is -2.39. The highest BCUT2D eigenvalue weighted by Crippen LogP contribution is 2.30. The summed E-state index contributed by atoms with van der Waals surface area (Å²) in [7, 11) is -1.98. The van der Waals surface area contributed by atoms with Gasteiger partial charge in [0.25, 0.3) is 0 Å². The van der Waals surface area contributed by atoms with E-state index in [2.05, 4.69) is 10.3 Å². The summed E-state index contributed by atoms with van der Waals surface area (Å²) in [5.74, 6) is 0.625. The van der Waals surface area contributed by atoms with Crippen LogP contribution < -0.4 is 5.32 Å². The molecule has 0 aliphatic heterocycles. The fourth-order valence-electron chi connectivity index (χ4n) is 2.38. The molecule has 0 aromatic carbocycles. The molecule has 0 spiro atoms. The molecule has 1 aromatic heterocycles. The van der Waals surface area contributed by atoms with Crippen LogP contribution >= 0.6 is 0 Å². The predicted octanol–water partition coefficient (Wildman–Crippen LogP) is 0.905. The highest BCUT2D eigenvalue weighted by molar-refractivity contribution is 7.89. The first-order chi connectivity index (χ1) is 9.45. The molecule has 1 saturated carbocycles. The van der Waals surface area contributed by atoms with Crippen molar-refractivity contribution >= 4 is 15.8 Å². The van der Waals surface area contributed by atoms with Crippen LogP contribution in [-0.4, -0.2) is 49.1 Å². The molecule has 2 rings (SSSR count). The molecule has 0 atom stereocenters. The largest absolute Gasteiger partial charge is 0.393 e. The molecule has 0 radical (unpaired) electrons. The average Bonchev–Trinajstić information content (AvgIpc) is 2.37. The lowest BCUT2D eigenvalue weighted by atomic mass is 9.82. The summed E-state index contributed by atoms with van der Waals surface area (Å²) in [6.45, 7) is 2.93. The number of pyridine rings is 1. The van der Waals surface area contributed by atoms with E-state index in [4.69, 9.17) is 0 Å². The molecule has 1 fully saturated rings. The Labute approximate surface area is 119 Å². The van der Waals surface area contributed by atoms with Gasteiger partial charge in [0.2, 0.25) is 10.0 Å². The van der Waals surface area contributed by atoms with Crippen molar-refractivity contribution in [3.05, 3.63) is 18.3 Å². The van der Waals surface area contributed by atoms with E-state index in [9.17, 15) is 13.5 Å². The molecule has 0 amide bonds.